The first kappa shape index (κ1) is 19.5. The van der Waals surface area contributed by atoms with Gasteiger partial charge in [-0.25, -0.2) is 0 Å². The molecule has 0 saturated carbocycles. The highest BCUT2D eigenvalue weighted by atomic mass is 16.2. The number of likely N-dealkylation sites (N-methyl/N-ethyl adjacent to an activating group) is 1. The number of carbonyl (C=O) groups is 1. The molecule has 1 atom stereocenters. The van der Waals surface area contributed by atoms with Crippen molar-refractivity contribution in [2.24, 2.45) is 7.05 Å². The van der Waals surface area contributed by atoms with E-state index in [9.17, 15) is 4.79 Å². The van der Waals surface area contributed by atoms with E-state index in [1.54, 1.807) is 0 Å². The molecule has 1 saturated heterocycles. The summed E-state index contributed by atoms with van der Waals surface area (Å²) in [6.07, 6.45) is 5.19. The second-order valence-electron chi connectivity index (χ2n) is 7.92. The van der Waals surface area contributed by atoms with Gasteiger partial charge in [-0.05, 0) is 49.6 Å². The lowest BCUT2D eigenvalue weighted by atomic mass is 10.0. The van der Waals surface area contributed by atoms with Crippen LogP contribution in [0.2, 0.25) is 0 Å². The Kier molecular flexibility index (Phi) is 5.81. The van der Waals surface area contributed by atoms with Gasteiger partial charge >= 0.3 is 0 Å². The Bertz CT molecular complexity index is 945. The molecule has 1 fully saturated rings. The number of likely N-dealkylation sites (tertiary alicyclic amines) is 1. The first-order valence-electron chi connectivity index (χ1n) is 10.3. The Balaban J connectivity index is 1.37. The van der Waals surface area contributed by atoms with Gasteiger partial charge in [0, 0.05) is 39.4 Å². The standard InChI is InChI=1S/C23H29N5O/c1-26-13-7-11-22(26)20-16-21(25-24-20)23(29)27(2)19-10-6-14-28(17-19)15-12-18-8-4-3-5-9-18/h3-5,7-9,11,13,16,19H,6,10,12,14-15,17H2,1-2H3,(H,24,25)/t19-/m1/s1. The second-order valence-corrected chi connectivity index (χ2v) is 7.92. The number of piperidine rings is 1. The van der Waals surface area contributed by atoms with E-state index in [-0.39, 0.29) is 11.9 Å². The summed E-state index contributed by atoms with van der Waals surface area (Å²) >= 11 is 0. The number of hydrogen-bond donors (Lipinski definition) is 1. The van der Waals surface area contributed by atoms with Crippen LogP contribution in [0.25, 0.3) is 11.4 Å². The molecule has 1 aliphatic heterocycles. The van der Waals surface area contributed by atoms with Crippen molar-refractivity contribution < 1.29 is 4.79 Å². The fourth-order valence-corrected chi connectivity index (χ4v) is 4.13. The van der Waals surface area contributed by atoms with Gasteiger partial charge < -0.3 is 14.4 Å². The molecule has 0 spiro atoms. The molecule has 3 heterocycles. The van der Waals surface area contributed by atoms with Crippen molar-refractivity contribution in [1.29, 1.82) is 0 Å². The number of carbonyl (C=O) groups excluding carboxylic acids is 1. The maximum Gasteiger partial charge on any atom is 0.271 e. The van der Waals surface area contributed by atoms with Crippen molar-refractivity contribution in [3.63, 3.8) is 0 Å². The van der Waals surface area contributed by atoms with Crippen LogP contribution in [-0.4, -0.2) is 63.2 Å². The number of benzene rings is 1. The number of hydrogen-bond acceptors (Lipinski definition) is 3. The van der Waals surface area contributed by atoms with Crippen LogP contribution in [0.1, 0.15) is 28.9 Å². The molecule has 3 aromatic rings. The Hall–Kier alpha value is -2.86. The largest absolute Gasteiger partial charge is 0.349 e. The van der Waals surface area contributed by atoms with Gasteiger partial charge in [0.2, 0.25) is 0 Å². The van der Waals surface area contributed by atoms with E-state index < -0.39 is 0 Å². The topological polar surface area (TPSA) is 57.2 Å². The lowest BCUT2D eigenvalue weighted by Gasteiger charge is -2.37. The molecular weight excluding hydrogens is 362 g/mol. The van der Waals surface area contributed by atoms with Crippen molar-refractivity contribution in [3.05, 3.63) is 66.0 Å². The zero-order valence-electron chi connectivity index (χ0n) is 17.2. The lowest BCUT2D eigenvalue weighted by molar-refractivity contribution is 0.0613. The fraction of sp³-hybridized carbons (Fsp3) is 0.391. The number of aromatic amines is 1. The molecule has 1 amide bonds. The number of aromatic nitrogens is 3. The van der Waals surface area contributed by atoms with Crippen molar-refractivity contribution >= 4 is 5.91 Å². The number of H-pyrrole nitrogens is 1. The molecule has 6 heteroatoms. The molecule has 0 radical (unpaired) electrons. The van der Waals surface area contributed by atoms with Gasteiger partial charge in [-0.15, -0.1) is 0 Å². The number of rotatable bonds is 6. The molecule has 4 rings (SSSR count). The van der Waals surface area contributed by atoms with Gasteiger partial charge in [-0.1, -0.05) is 30.3 Å². The predicted octanol–water partition coefficient (Wildman–Crippen LogP) is 3.19. The van der Waals surface area contributed by atoms with Crippen molar-refractivity contribution in [3.8, 4) is 11.4 Å². The summed E-state index contributed by atoms with van der Waals surface area (Å²) in [7, 11) is 3.89. The highest BCUT2D eigenvalue weighted by molar-refractivity contribution is 5.93. The second kappa shape index (κ2) is 8.66. The lowest BCUT2D eigenvalue weighted by Crippen LogP contribution is -2.49. The molecule has 0 aliphatic carbocycles. The summed E-state index contributed by atoms with van der Waals surface area (Å²) in [5, 5.41) is 7.27. The molecule has 29 heavy (non-hydrogen) atoms. The van der Waals surface area contributed by atoms with Crippen molar-refractivity contribution in [2.75, 3.05) is 26.7 Å². The Morgan fingerprint density at radius 3 is 2.83 bits per heavy atom. The third-order valence-corrected chi connectivity index (χ3v) is 5.92. The molecular formula is C23H29N5O. The third-order valence-electron chi connectivity index (χ3n) is 5.92. The van der Waals surface area contributed by atoms with E-state index in [4.69, 9.17) is 0 Å². The summed E-state index contributed by atoms with van der Waals surface area (Å²) in [6.45, 7) is 3.06. The van der Waals surface area contributed by atoms with E-state index in [2.05, 4.69) is 45.4 Å². The highest BCUT2D eigenvalue weighted by Gasteiger charge is 2.27. The summed E-state index contributed by atoms with van der Waals surface area (Å²) in [6, 6.07) is 16.7. The first-order chi connectivity index (χ1) is 14.1. The zero-order valence-corrected chi connectivity index (χ0v) is 17.2. The van der Waals surface area contributed by atoms with Gasteiger partial charge in [-0.2, -0.15) is 5.10 Å². The van der Waals surface area contributed by atoms with Crippen LogP contribution in [0.15, 0.2) is 54.7 Å². The maximum atomic E-state index is 13.0. The molecule has 1 aliphatic rings. The van der Waals surface area contributed by atoms with Crippen LogP contribution in [0, 0.1) is 0 Å². The average Bonchev–Trinajstić information content (AvgIpc) is 3.41. The number of nitrogens with one attached hydrogen (secondary N) is 1. The van der Waals surface area contributed by atoms with E-state index in [0.29, 0.717) is 5.69 Å². The van der Waals surface area contributed by atoms with E-state index in [1.165, 1.54) is 5.56 Å². The average molecular weight is 392 g/mol. The number of nitrogens with zero attached hydrogens (tertiary/aromatic N) is 4. The van der Waals surface area contributed by atoms with Gasteiger partial charge in [0.1, 0.15) is 11.4 Å². The molecule has 6 nitrogen and oxygen atoms in total. The summed E-state index contributed by atoms with van der Waals surface area (Å²) < 4.78 is 2.00. The van der Waals surface area contributed by atoms with Crippen LogP contribution in [0.3, 0.4) is 0 Å². The summed E-state index contributed by atoms with van der Waals surface area (Å²) in [5.41, 5.74) is 3.70. The van der Waals surface area contributed by atoms with Crippen LogP contribution in [-0.2, 0) is 13.5 Å². The smallest absolute Gasteiger partial charge is 0.271 e. The number of amides is 1. The van der Waals surface area contributed by atoms with Crippen LogP contribution < -0.4 is 0 Å². The minimum atomic E-state index is 0.00729. The zero-order chi connectivity index (χ0) is 20.2. The summed E-state index contributed by atoms with van der Waals surface area (Å²) in [5.74, 6) is 0.00729. The van der Waals surface area contributed by atoms with Crippen LogP contribution in [0.5, 0.6) is 0 Å². The Morgan fingerprint density at radius 1 is 1.24 bits per heavy atom. The molecule has 0 bridgehead atoms. The quantitative estimate of drug-likeness (QED) is 0.702. The minimum absolute atomic E-state index is 0.00729. The normalized spacial score (nSPS) is 17.4. The Labute approximate surface area is 172 Å². The molecule has 1 aromatic carbocycles. The van der Waals surface area contributed by atoms with Gasteiger partial charge in [0.05, 0.1) is 5.69 Å². The third kappa shape index (κ3) is 4.43. The van der Waals surface area contributed by atoms with E-state index >= 15 is 0 Å². The minimum Gasteiger partial charge on any atom is -0.349 e. The van der Waals surface area contributed by atoms with E-state index in [0.717, 1.165) is 50.3 Å². The Morgan fingerprint density at radius 2 is 2.07 bits per heavy atom. The number of aryl methyl sites for hydroxylation is 1. The van der Waals surface area contributed by atoms with Crippen LogP contribution >= 0.6 is 0 Å². The highest BCUT2D eigenvalue weighted by Crippen LogP contribution is 2.20. The van der Waals surface area contributed by atoms with Crippen molar-refractivity contribution in [2.45, 2.75) is 25.3 Å². The van der Waals surface area contributed by atoms with Crippen LogP contribution in [0.4, 0.5) is 0 Å². The predicted molar refractivity (Wildman–Crippen MR) is 115 cm³/mol. The van der Waals surface area contributed by atoms with Gasteiger partial charge in [-0.3, -0.25) is 9.89 Å². The molecule has 152 valence electrons. The van der Waals surface area contributed by atoms with Gasteiger partial charge in [0.25, 0.3) is 5.91 Å². The fourth-order valence-electron chi connectivity index (χ4n) is 4.13. The molecule has 1 N–H and O–H groups in total. The van der Waals surface area contributed by atoms with E-state index in [1.807, 2.05) is 48.0 Å². The summed E-state index contributed by atoms with van der Waals surface area (Å²) in [4.78, 5) is 17.4. The monoisotopic (exact) mass is 391 g/mol. The SMILES string of the molecule is CN(C(=O)c1cc(-c2cccn2C)n[nH]1)[C@@H]1CCCN(CCc2ccccc2)C1. The molecule has 0 unspecified atom stereocenters. The molecule has 2 aromatic heterocycles. The first-order valence-corrected chi connectivity index (χ1v) is 10.3. The maximum absolute atomic E-state index is 13.0. The van der Waals surface area contributed by atoms with Gasteiger partial charge in [0.15, 0.2) is 0 Å². The van der Waals surface area contributed by atoms with Crippen molar-refractivity contribution in [1.82, 2.24) is 24.6 Å².